The van der Waals surface area contributed by atoms with Crippen LogP contribution < -0.4 is 5.32 Å². The molecule has 2 rings (SSSR count). The molecular weight excluding hydrogens is 277 g/mol. The van der Waals surface area contributed by atoms with Crippen molar-refractivity contribution in [3.8, 4) is 0 Å². The van der Waals surface area contributed by atoms with Gasteiger partial charge in [0.2, 0.25) is 0 Å². The van der Waals surface area contributed by atoms with E-state index in [4.69, 9.17) is 5.11 Å². The third kappa shape index (κ3) is 2.41. The normalized spacial score (nSPS) is 23.7. The summed E-state index contributed by atoms with van der Waals surface area (Å²) in [4.78, 5) is 11.7. The Morgan fingerprint density at radius 3 is 2.75 bits per heavy atom. The Balaban J connectivity index is 2.03. The van der Waals surface area contributed by atoms with Crippen LogP contribution in [-0.4, -0.2) is 23.2 Å². The first kappa shape index (κ1) is 11.5. The molecule has 1 fully saturated rings. The van der Waals surface area contributed by atoms with E-state index in [0.29, 0.717) is 22.9 Å². The third-order valence-corrected chi connectivity index (χ3v) is 3.28. The van der Waals surface area contributed by atoms with Gasteiger partial charge < -0.3 is 10.4 Å². The summed E-state index contributed by atoms with van der Waals surface area (Å²) < 4.78 is 13.2. The Hall–Kier alpha value is -0.940. The lowest BCUT2D eigenvalue weighted by Gasteiger charge is -2.32. The van der Waals surface area contributed by atoms with Gasteiger partial charge in [-0.05, 0) is 47.0 Å². The van der Waals surface area contributed by atoms with E-state index in [-0.39, 0.29) is 23.9 Å². The van der Waals surface area contributed by atoms with Crippen LogP contribution in [0.1, 0.15) is 23.2 Å². The lowest BCUT2D eigenvalue weighted by molar-refractivity contribution is 0.0562. The molecule has 0 heterocycles. The van der Waals surface area contributed by atoms with Crippen LogP contribution in [0.3, 0.4) is 0 Å². The second kappa shape index (κ2) is 4.51. The van der Waals surface area contributed by atoms with Crippen LogP contribution >= 0.6 is 15.9 Å². The van der Waals surface area contributed by atoms with Gasteiger partial charge in [-0.3, -0.25) is 4.79 Å². The van der Waals surface area contributed by atoms with Crippen molar-refractivity contribution in [2.24, 2.45) is 0 Å². The highest BCUT2D eigenvalue weighted by atomic mass is 79.9. The fourth-order valence-electron chi connectivity index (χ4n) is 1.64. The number of carbonyl (C=O) groups excluding carboxylic acids is 1. The molecule has 0 atom stereocenters. The zero-order valence-electron chi connectivity index (χ0n) is 8.41. The van der Waals surface area contributed by atoms with E-state index in [2.05, 4.69) is 21.2 Å². The molecule has 86 valence electrons. The van der Waals surface area contributed by atoms with Gasteiger partial charge in [0.15, 0.2) is 0 Å². The first-order valence-electron chi connectivity index (χ1n) is 5.00. The molecule has 0 aromatic heterocycles. The number of hydrogen-bond acceptors (Lipinski definition) is 2. The standard InChI is InChI=1S/C11H11BrFNO2/c12-10-3-6(13)1-2-9(10)11(16)14-7-4-8(15)5-7/h1-3,7-8,15H,4-5H2,(H,14,16). The van der Waals surface area contributed by atoms with Crippen molar-refractivity contribution in [1.82, 2.24) is 5.32 Å². The number of hydrogen-bond donors (Lipinski definition) is 2. The number of aliphatic hydroxyl groups excluding tert-OH is 1. The van der Waals surface area contributed by atoms with Crippen LogP contribution in [0.15, 0.2) is 22.7 Å². The molecule has 0 radical (unpaired) electrons. The summed E-state index contributed by atoms with van der Waals surface area (Å²) in [6.45, 7) is 0. The summed E-state index contributed by atoms with van der Waals surface area (Å²) in [5, 5.41) is 11.9. The van der Waals surface area contributed by atoms with E-state index < -0.39 is 0 Å². The first-order valence-corrected chi connectivity index (χ1v) is 5.79. The smallest absolute Gasteiger partial charge is 0.252 e. The van der Waals surface area contributed by atoms with Gasteiger partial charge in [0.05, 0.1) is 11.7 Å². The van der Waals surface area contributed by atoms with Crippen LogP contribution in [0.5, 0.6) is 0 Å². The average molecular weight is 288 g/mol. The molecule has 1 aromatic carbocycles. The number of nitrogens with one attached hydrogen (secondary N) is 1. The lowest BCUT2D eigenvalue weighted by atomic mass is 9.89. The van der Waals surface area contributed by atoms with Crippen molar-refractivity contribution in [2.75, 3.05) is 0 Å². The van der Waals surface area contributed by atoms with Gasteiger partial charge in [-0.15, -0.1) is 0 Å². The summed E-state index contributed by atoms with van der Waals surface area (Å²) >= 11 is 3.14. The third-order valence-electron chi connectivity index (χ3n) is 2.62. The number of carbonyl (C=O) groups is 1. The van der Waals surface area contributed by atoms with Crippen LogP contribution in [0.2, 0.25) is 0 Å². The number of amides is 1. The van der Waals surface area contributed by atoms with E-state index in [1.807, 2.05) is 0 Å². The highest BCUT2D eigenvalue weighted by Gasteiger charge is 2.28. The SMILES string of the molecule is O=C(NC1CC(O)C1)c1ccc(F)cc1Br. The molecule has 3 nitrogen and oxygen atoms in total. The highest BCUT2D eigenvalue weighted by molar-refractivity contribution is 9.10. The van der Waals surface area contributed by atoms with E-state index in [9.17, 15) is 9.18 Å². The van der Waals surface area contributed by atoms with Crippen molar-refractivity contribution in [3.63, 3.8) is 0 Å². The zero-order valence-corrected chi connectivity index (χ0v) is 10.00. The van der Waals surface area contributed by atoms with Crippen molar-refractivity contribution in [1.29, 1.82) is 0 Å². The summed E-state index contributed by atoms with van der Waals surface area (Å²) in [5.41, 5.74) is 0.405. The number of rotatable bonds is 2. The fourth-order valence-corrected chi connectivity index (χ4v) is 2.17. The van der Waals surface area contributed by atoms with Gasteiger partial charge in [-0.1, -0.05) is 0 Å². The maximum Gasteiger partial charge on any atom is 0.252 e. The summed E-state index contributed by atoms with van der Waals surface area (Å²) in [5.74, 6) is -0.633. The summed E-state index contributed by atoms with van der Waals surface area (Å²) in [6.07, 6.45) is 0.872. The monoisotopic (exact) mass is 287 g/mol. The molecule has 1 aromatic rings. The fraction of sp³-hybridized carbons (Fsp3) is 0.364. The van der Waals surface area contributed by atoms with Crippen LogP contribution in [-0.2, 0) is 0 Å². The molecule has 0 saturated heterocycles. The summed E-state index contributed by atoms with van der Waals surface area (Å²) in [6, 6.07) is 3.96. The maximum atomic E-state index is 12.8. The van der Waals surface area contributed by atoms with Crippen molar-refractivity contribution < 1.29 is 14.3 Å². The number of halogens is 2. The predicted molar refractivity (Wildman–Crippen MR) is 60.6 cm³/mol. The Morgan fingerprint density at radius 1 is 1.50 bits per heavy atom. The van der Waals surface area contributed by atoms with E-state index in [0.717, 1.165) is 0 Å². The molecule has 2 N–H and O–H groups in total. The zero-order chi connectivity index (χ0) is 11.7. The highest BCUT2D eigenvalue weighted by Crippen LogP contribution is 2.22. The van der Waals surface area contributed by atoms with Gasteiger partial charge in [0.25, 0.3) is 5.91 Å². The Morgan fingerprint density at radius 2 is 2.19 bits per heavy atom. The van der Waals surface area contributed by atoms with Crippen molar-refractivity contribution in [2.45, 2.75) is 25.0 Å². The molecule has 1 amide bonds. The molecule has 5 heteroatoms. The van der Waals surface area contributed by atoms with Gasteiger partial charge in [-0.25, -0.2) is 4.39 Å². The molecule has 1 saturated carbocycles. The second-order valence-electron chi connectivity index (χ2n) is 3.92. The molecular formula is C11H11BrFNO2. The van der Waals surface area contributed by atoms with Crippen LogP contribution in [0.25, 0.3) is 0 Å². The van der Waals surface area contributed by atoms with E-state index in [1.54, 1.807) is 0 Å². The average Bonchev–Trinajstić information content (AvgIpc) is 2.15. The molecule has 1 aliphatic carbocycles. The van der Waals surface area contributed by atoms with Gasteiger partial charge in [0, 0.05) is 10.5 Å². The van der Waals surface area contributed by atoms with E-state index in [1.165, 1.54) is 18.2 Å². The Labute approximate surface area is 101 Å². The quantitative estimate of drug-likeness (QED) is 0.872. The Kier molecular flexibility index (Phi) is 3.25. The van der Waals surface area contributed by atoms with Crippen LogP contribution in [0, 0.1) is 5.82 Å². The topological polar surface area (TPSA) is 49.3 Å². The second-order valence-corrected chi connectivity index (χ2v) is 4.77. The van der Waals surface area contributed by atoms with Crippen LogP contribution in [0.4, 0.5) is 4.39 Å². The van der Waals surface area contributed by atoms with Crippen molar-refractivity contribution in [3.05, 3.63) is 34.1 Å². The summed E-state index contributed by atoms with van der Waals surface area (Å²) in [7, 11) is 0. The minimum atomic E-state index is -0.387. The maximum absolute atomic E-state index is 12.8. The molecule has 0 unspecified atom stereocenters. The van der Waals surface area contributed by atoms with E-state index >= 15 is 0 Å². The number of aliphatic hydroxyl groups is 1. The van der Waals surface area contributed by atoms with Gasteiger partial charge in [0.1, 0.15) is 5.82 Å². The Bertz CT molecular complexity index is 418. The molecule has 0 spiro atoms. The molecule has 16 heavy (non-hydrogen) atoms. The molecule has 1 aliphatic rings. The van der Waals surface area contributed by atoms with Gasteiger partial charge in [-0.2, -0.15) is 0 Å². The minimum absolute atomic E-state index is 0.0273. The lowest BCUT2D eigenvalue weighted by Crippen LogP contribution is -2.46. The first-order chi connectivity index (χ1) is 7.56. The minimum Gasteiger partial charge on any atom is -0.393 e. The van der Waals surface area contributed by atoms with Crippen molar-refractivity contribution >= 4 is 21.8 Å². The predicted octanol–water partition coefficient (Wildman–Crippen LogP) is 1.84. The molecule has 0 bridgehead atoms. The largest absolute Gasteiger partial charge is 0.393 e. The molecule has 0 aliphatic heterocycles. The van der Waals surface area contributed by atoms with Gasteiger partial charge >= 0.3 is 0 Å². The number of benzene rings is 1.